The quantitative estimate of drug-likeness (QED) is 0.886. The molecule has 0 aliphatic heterocycles. The Bertz CT molecular complexity index is 570. The number of aryl methyl sites for hydroxylation is 2. The molecule has 0 fully saturated rings. The average Bonchev–Trinajstić information content (AvgIpc) is 2.99. The highest BCUT2D eigenvalue weighted by Gasteiger charge is 2.13. The van der Waals surface area contributed by atoms with Crippen LogP contribution in [-0.4, -0.2) is 14.3 Å². The summed E-state index contributed by atoms with van der Waals surface area (Å²) in [7, 11) is 0. The standard InChI is InChI=1S/C15H23ClN4/c1-4-6-13(17)12-7-8-19(9-12)10-14-15(16)11(3)18-20(14)5-2/h7-9,13H,4-6,10,17H2,1-3H3. The van der Waals surface area contributed by atoms with Gasteiger partial charge in [0.1, 0.15) is 0 Å². The van der Waals surface area contributed by atoms with Crippen LogP contribution < -0.4 is 5.73 Å². The molecule has 1 atom stereocenters. The zero-order valence-corrected chi connectivity index (χ0v) is 13.2. The van der Waals surface area contributed by atoms with Gasteiger partial charge >= 0.3 is 0 Å². The maximum atomic E-state index is 6.34. The van der Waals surface area contributed by atoms with Crippen molar-refractivity contribution in [1.82, 2.24) is 14.3 Å². The van der Waals surface area contributed by atoms with E-state index in [2.05, 4.69) is 42.0 Å². The van der Waals surface area contributed by atoms with Crippen molar-refractivity contribution in [2.24, 2.45) is 5.73 Å². The molecule has 2 rings (SSSR count). The van der Waals surface area contributed by atoms with Crippen LogP contribution in [0.25, 0.3) is 0 Å². The lowest BCUT2D eigenvalue weighted by Crippen LogP contribution is -2.09. The molecule has 4 nitrogen and oxygen atoms in total. The molecule has 1 unspecified atom stereocenters. The molecular weight excluding hydrogens is 272 g/mol. The number of hydrogen-bond donors (Lipinski definition) is 1. The summed E-state index contributed by atoms with van der Waals surface area (Å²) < 4.78 is 4.09. The molecule has 20 heavy (non-hydrogen) atoms. The molecule has 0 amide bonds. The molecule has 0 saturated carbocycles. The zero-order chi connectivity index (χ0) is 14.7. The van der Waals surface area contributed by atoms with E-state index in [1.807, 2.05) is 11.6 Å². The van der Waals surface area contributed by atoms with Gasteiger partial charge in [-0.15, -0.1) is 0 Å². The van der Waals surface area contributed by atoms with Crippen LogP contribution in [0.1, 0.15) is 49.7 Å². The summed E-state index contributed by atoms with van der Waals surface area (Å²) >= 11 is 6.34. The maximum Gasteiger partial charge on any atom is 0.0865 e. The van der Waals surface area contributed by atoms with Crippen molar-refractivity contribution in [1.29, 1.82) is 0 Å². The molecule has 2 aromatic heterocycles. The van der Waals surface area contributed by atoms with E-state index in [-0.39, 0.29) is 6.04 Å². The lowest BCUT2D eigenvalue weighted by Gasteiger charge is -2.09. The minimum atomic E-state index is 0.120. The van der Waals surface area contributed by atoms with Gasteiger partial charge in [-0.05, 0) is 31.9 Å². The number of halogens is 1. The second-order valence-electron chi connectivity index (χ2n) is 5.17. The Morgan fingerprint density at radius 1 is 1.40 bits per heavy atom. The number of hydrogen-bond acceptors (Lipinski definition) is 2. The average molecular weight is 295 g/mol. The number of rotatable bonds is 6. The molecule has 5 heteroatoms. The number of aromatic nitrogens is 3. The molecule has 2 heterocycles. The van der Waals surface area contributed by atoms with E-state index in [9.17, 15) is 0 Å². The third kappa shape index (κ3) is 3.07. The fourth-order valence-corrected chi connectivity index (χ4v) is 2.64. The summed E-state index contributed by atoms with van der Waals surface area (Å²) in [6.07, 6.45) is 6.28. The van der Waals surface area contributed by atoms with Gasteiger partial charge in [-0.2, -0.15) is 5.10 Å². The SMILES string of the molecule is CCCC(N)c1ccn(Cc2c(Cl)c(C)nn2CC)c1. The van der Waals surface area contributed by atoms with Crippen molar-refractivity contribution < 1.29 is 0 Å². The van der Waals surface area contributed by atoms with E-state index in [0.717, 1.165) is 42.3 Å². The highest BCUT2D eigenvalue weighted by Crippen LogP contribution is 2.22. The van der Waals surface area contributed by atoms with Crippen LogP contribution in [0.4, 0.5) is 0 Å². The van der Waals surface area contributed by atoms with Crippen LogP contribution in [0, 0.1) is 6.92 Å². The lowest BCUT2D eigenvalue weighted by molar-refractivity contribution is 0.595. The molecule has 0 radical (unpaired) electrons. The van der Waals surface area contributed by atoms with Gasteiger partial charge in [0.05, 0.1) is 23.0 Å². The van der Waals surface area contributed by atoms with Gasteiger partial charge in [0.2, 0.25) is 0 Å². The van der Waals surface area contributed by atoms with E-state index >= 15 is 0 Å². The Balaban J connectivity index is 2.18. The van der Waals surface area contributed by atoms with Crippen LogP contribution in [0.15, 0.2) is 18.5 Å². The molecule has 0 aromatic carbocycles. The van der Waals surface area contributed by atoms with Gasteiger partial charge < -0.3 is 10.3 Å². The third-order valence-corrected chi connectivity index (χ3v) is 4.08. The zero-order valence-electron chi connectivity index (χ0n) is 12.4. The minimum absolute atomic E-state index is 0.120. The molecule has 0 aliphatic carbocycles. The third-order valence-electron chi connectivity index (χ3n) is 3.59. The van der Waals surface area contributed by atoms with Gasteiger partial charge in [0.25, 0.3) is 0 Å². The normalized spacial score (nSPS) is 12.8. The molecule has 2 aromatic rings. The van der Waals surface area contributed by atoms with Crippen molar-refractivity contribution in [3.8, 4) is 0 Å². The molecule has 0 bridgehead atoms. The second kappa shape index (κ2) is 6.46. The predicted octanol–water partition coefficient (Wildman–Crippen LogP) is 3.51. The topological polar surface area (TPSA) is 48.8 Å². The molecule has 0 spiro atoms. The first-order chi connectivity index (χ1) is 9.56. The van der Waals surface area contributed by atoms with Crippen molar-refractivity contribution in [3.05, 3.63) is 40.4 Å². The first-order valence-electron chi connectivity index (χ1n) is 7.19. The monoisotopic (exact) mass is 294 g/mol. The first-order valence-corrected chi connectivity index (χ1v) is 7.57. The molecule has 110 valence electrons. The Hall–Kier alpha value is -1.26. The van der Waals surface area contributed by atoms with E-state index in [0.29, 0.717) is 0 Å². The summed E-state index contributed by atoms with van der Waals surface area (Å²) in [6.45, 7) is 7.72. The summed E-state index contributed by atoms with van der Waals surface area (Å²) in [4.78, 5) is 0. The summed E-state index contributed by atoms with van der Waals surface area (Å²) in [5.41, 5.74) is 9.27. The largest absolute Gasteiger partial charge is 0.348 e. The Morgan fingerprint density at radius 2 is 2.15 bits per heavy atom. The highest BCUT2D eigenvalue weighted by atomic mass is 35.5. The van der Waals surface area contributed by atoms with Gasteiger partial charge in [0, 0.05) is 25.0 Å². The summed E-state index contributed by atoms with van der Waals surface area (Å²) in [6, 6.07) is 2.21. The fourth-order valence-electron chi connectivity index (χ4n) is 2.45. The first kappa shape index (κ1) is 15.1. The second-order valence-corrected chi connectivity index (χ2v) is 5.55. The van der Waals surface area contributed by atoms with Crippen molar-refractivity contribution >= 4 is 11.6 Å². The Kier molecular flexibility index (Phi) is 4.89. The lowest BCUT2D eigenvalue weighted by atomic mass is 10.1. The van der Waals surface area contributed by atoms with Crippen LogP contribution in [0.3, 0.4) is 0 Å². The Labute approximate surface area is 125 Å². The predicted molar refractivity (Wildman–Crippen MR) is 83.0 cm³/mol. The molecule has 0 saturated heterocycles. The van der Waals surface area contributed by atoms with Crippen LogP contribution in [0.5, 0.6) is 0 Å². The van der Waals surface area contributed by atoms with E-state index < -0.39 is 0 Å². The molecule has 2 N–H and O–H groups in total. The number of nitrogens with zero attached hydrogens (tertiary/aromatic N) is 3. The number of nitrogens with two attached hydrogens (primary N) is 1. The van der Waals surface area contributed by atoms with E-state index in [1.165, 1.54) is 5.56 Å². The molecular formula is C15H23ClN4. The van der Waals surface area contributed by atoms with Crippen molar-refractivity contribution in [3.63, 3.8) is 0 Å². The van der Waals surface area contributed by atoms with Crippen LogP contribution in [-0.2, 0) is 13.1 Å². The van der Waals surface area contributed by atoms with E-state index in [1.54, 1.807) is 0 Å². The van der Waals surface area contributed by atoms with Gasteiger partial charge in [-0.25, -0.2) is 0 Å². The summed E-state index contributed by atoms with van der Waals surface area (Å²) in [5.74, 6) is 0. The summed E-state index contributed by atoms with van der Waals surface area (Å²) in [5, 5.41) is 5.21. The smallest absolute Gasteiger partial charge is 0.0865 e. The fraction of sp³-hybridized carbons (Fsp3) is 0.533. The van der Waals surface area contributed by atoms with Crippen molar-refractivity contribution in [2.45, 2.75) is 52.7 Å². The van der Waals surface area contributed by atoms with Crippen LogP contribution >= 0.6 is 11.6 Å². The van der Waals surface area contributed by atoms with Crippen LogP contribution in [0.2, 0.25) is 5.02 Å². The van der Waals surface area contributed by atoms with Gasteiger partial charge in [-0.3, -0.25) is 4.68 Å². The Morgan fingerprint density at radius 3 is 2.80 bits per heavy atom. The van der Waals surface area contributed by atoms with Crippen molar-refractivity contribution in [2.75, 3.05) is 0 Å². The van der Waals surface area contributed by atoms with Gasteiger partial charge in [0.15, 0.2) is 0 Å². The molecule has 0 aliphatic rings. The maximum absolute atomic E-state index is 6.34. The minimum Gasteiger partial charge on any atom is -0.348 e. The van der Waals surface area contributed by atoms with E-state index in [4.69, 9.17) is 17.3 Å². The highest BCUT2D eigenvalue weighted by molar-refractivity contribution is 6.31. The van der Waals surface area contributed by atoms with Gasteiger partial charge in [-0.1, -0.05) is 24.9 Å².